The SMILES string of the molecule is CN(C)CCO/N=C/C=C/C=C/[C@H]1CC[C@H]2[C@@H]3CC[C@@H]4C[C@@H](O)CC[C@]4(C)[C@H]3CC[C@]12C. The van der Waals surface area contributed by atoms with E-state index in [9.17, 15) is 5.11 Å². The molecule has 4 aliphatic rings. The van der Waals surface area contributed by atoms with Gasteiger partial charge >= 0.3 is 0 Å². The molecule has 0 heterocycles. The number of hydrogen-bond donors (Lipinski definition) is 1. The lowest BCUT2D eigenvalue weighted by Crippen LogP contribution is -2.53. The van der Waals surface area contributed by atoms with Crippen molar-refractivity contribution in [1.29, 1.82) is 0 Å². The third-order valence-corrected chi connectivity index (χ3v) is 10.1. The van der Waals surface area contributed by atoms with Gasteiger partial charge in [0.15, 0.2) is 0 Å². The molecule has 4 fully saturated rings. The molecule has 0 aromatic rings. The first-order valence-corrected chi connectivity index (χ1v) is 13.2. The van der Waals surface area contributed by atoms with Gasteiger partial charge in [0.25, 0.3) is 0 Å². The van der Waals surface area contributed by atoms with Crippen LogP contribution in [-0.2, 0) is 4.84 Å². The van der Waals surface area contributed by atoms with Gasteiger partial charge in [0, 0.05) is 6.54 Å². The Bertz CT molecular complexity index is 716. The van der Waals surface area contributed by atoms with Gasteiger partial charge in [-0.05, 0) is 118 Å². The predicted molar refractivity (Wildman–Crippen MR) is 133 cm³/mol. The smallest absolute Gasteiger partial charge is 0.129 e. The fourth-order valence-corrected chi connectivity index (χ4v) is 8.26. The van der Waals surface area contributed by atoms with Crippen LogP contribution >= 0.6 is 0 Å². The second kappa shape index (κ2) is 10.0. The molecule has 4 heteroatoms. The number of rotatable bonds is 7. The molecule has 32 heavy (non-hydrogen) atoms. The molecular weight excluding hydrogens is 396 g/mol. The summed E-state index contributed by atoms with van der Waals surface area (Å²) < 4.78 is 0. The second-order valence-corrected chi connectivity index (χ2v) is 12.0. The minimum atomic E-state index is -0.0396. The molecule has 1 N–H and O–H groups in total. The third-order valence-electron chi connectivity index (χ3n) is 10.1. The van der Waals surface area contributed by atoms with Gasteiger partial charge in [-0.25, -0.2) is 0 Å². The topological polar surface area (TPSA) is 45.1 Å². The summed E-state index contributed by atoms with van der Waals surface area (Å²) in [6.07, 6.45) is 22.1. The van der Waals surface area contributed by atoms with E-state index in [1.165, 1.54) is 44.9 Å². The molecule has 0 radical (unpaired) electrons. The molecule has 4 saturated carbocycles. The highest BCUT2D eigenvalue weighted by Gasteiger charge is 2.59. The van der Waals surface area contributed by atoms with Gasteiger partial charge in [-0.3, -0.25) is 0 Å². The van der Waals surface area contributed by atoms with E-state index >= 15 is 0 Å². The minimum absolute atomic E-state index is 0.0396. The summed E-state index contributed by atoms with van der Waals surface area (Å²) in [4.78, 5) is 7.34. The van der Waals surface area contributed by atoms with Gasteiger partial charge < -0.3 is 14.8 Å². The van der Waals surface area contributed by atoms with E-state index in [0.717, 1.165) is 43.1 Å². The lowest BCUT2D eigenvalue weighted by molar-refractivity contribution is -0.124. The van der Waals surface area contributed by atoms with Crippen molar-refractivity contribution in [2.75, 3.05) is 27.2 Å². The lowest BCUT2D eigenvalue weighted by Gasteiger charge is -2.60. The molecular formula is C28H46N2O2. The largest absolute Gasteiger partial charge is 0.394 e. The fraction of sp³-hybridized carbons (Fsp3) is 0.821. The lowest BCUT2D eigenvalue weighted by atomic mass is 9.44. The van der Waals surface area contributed by atoms with Gasteiger partial charge in [-0.15, -0.1) is 0 Å². The molecule has 4 nitrogen and oxygen atoms in total. The highest BCUT2D eigenvalue weighted by atomic mass is 16.6. The fourth-order valence-electron chi connectivity index (χ4n) is 8.26. The number of fused-ring (bicyclic) bond motifs is 5. The van der Waals surface area contributed by atoms with Gasteiger partial charge in [0.05, 0.1) is 12.3 Å². The Morgan fingerprint density at radius 3 is 2.53 bits per heavy atom. The number of nitrogens with zero attached hydrogens (tertiary/aromatic N) is 2. The Hall–Kier alpha value is -1.13. The summed E-state index contributed by atoms with van der Waals surface area (Å²) in [7, 11) is 4.07. The molecule has 4 aliphatic carbocycles. The molecule has 0 aromatic heterocycles. The van der Waals surface area contributed by atoms with E-state index in [4.69, 9.17) is 4.84 Å². The van der Waals surface area contributed by atoms with Crippen LogP contribution in [0.3, 0.4) is 0 Å². The summed E-state index contributed by atoms with van der Waals surface area (Å²) in [6.45, 7) is 6.69. The molecule has 0 unspecified atom stereocenters. The first-order valence-electron chi connectivity index (χ1n) is 13.2. The summed E-state index contributed by atoms with van der Waals surface area (Å²) in [5.41, 5.74) is 0.945. The quantitative estimate of drug-likeness (QED) is 0.239. The number of aliphatic hydroxyl groups excluding tert-OH is 1. The summed E-state index contributed by atoms with van der Waals surface area (Å²) in [6, 6.07) is 0. The van der Waals surface area contributed by atoms with Crippen molar-refractivity contribution in [1.82, 2.24) is 4.90 Å². The van der Waals surface area contributed by atoms with E-state index in [-0.39, 0.29) is 6.10 Å². The number of likely N-dealkylation sites (N-methyl/N-ethyl adjacent to an activating group) is 1. The molecule has 0 saturated heterocycles. The van der Waals surface area contributed by atoms with Crippen molar-refractivity contribution in [3.63, 3.8) is 0 Å². The first-order chi connectivity index (χ1) is 15.3. The number of aliphatic hydroxyl groups is 1. The Balaban J connectivity index is 1.33. The maximum Gasteiger partial charge on any atom is 0.129 e. The van der Waals surface area contributed by atoms with Crippen LogP contribution in [0.4, 0.5) is 0 Å². The van der Waals surface area contributed by atoms with Crippen molar-refractivity contribution in [3.05, 3.63) is 24.3 Å². The Kier molecular flexibility index (Phi) is 7.51. The number of allylic oxidation sites excluding steroid dienone is 4. The van der Waals surface area contributed by atoms with E-state index in [2.05, 4.69) is 42.1 Å². The van der Waals surface area contributed by atoms with Crippen molar-refractivity contribution in [3.8, 4) is 0 Å². The second-order valence-electron chi connectivity index (χ2n) is 12.0. The van der Waals surface area contributed by atoms with Crippen LogP contribution in [0.1, 0.15) is 71.6 Å². The molecule has 0 aliphatic heterocycles. The normalized spacial score (nSPS) is 44.3. The average molecular weight is 443 g/mol. The molecule has 8 atom stereocenters. The van der Waals surface area contributed by atoms with Crippen molar-refractivity contribution >= 4 is 6.21 Å². The van der Waals surface area contributed by atoms with Crippen LogP contribution < -0.4 is 0 Å². The van der Waals surface area contributed by atoms with Crippen molar-refractivity contribution in [2.45, 2.75) is 77.7 Å². The van der Waals surface area contributed by atoms with Gasteiger partial charge in [-0.2, -0.15) is 0 Å². The predicted octanol–water partition coefficient (Wildman–Crippen LogP) is 5.68. The van der Waals surface area contributed by atoms with Gasteiger partial charge in [-0.1, -0.05) is 37.2 Å². The van der Waals surface area contributed by atoms with E-state index in [0.29, 0.717) is 23.4 Å². The van der Waals surface area contributed by atoms with Crippen molar-refractivity contribution < 1.29 is 9.94 Å². The standard InChI is InChI=1S/C28H46N2O2/c1-27-16-14-26-24(11-9-22-20-23(31)13-15-28(22,26)2)25(27)12-10-21(27)8-6-5-7-17-29-32-19-18-30(3)4/h5-8,17,21-26,31H,9-16,18-20H2,1-4H3/b7-5+,8-6+,29-17+/t21-,22+,23-,24-,25-,26-,27+,28-/m0/s1. The zero-order valence-corrected chi connectivity index (χ0v) is 20.9. The molecule has 0 bridgehead atoms. The molecule has 4 rings (SSSR count). The maximum atomic E-state index is 10.2. The van der Waals surface area contributed by atoms with Crippen LogP contribution in [0.2, 0.25) is 0 Å². The zero-order chi connectivity index (χ0) is 22.8. The zero-order valence-electron chi connectivity index (χ0n) is 20.9. The van der Waals surface area contributed by atoms with Crippen LogP contribution in [0.15, 0.2) is 29.5 Å². The van der Waals surface area contributed by atoms with Gasteiger partial charge in [0.2, 0.25) is 0 Å². The summed E-state index contributed by atoms with van der Waals surface area (Å²) >= 11 is 0. The highest BCUT2D eigenvalue weighted by Crippen LogP contribution is 2.67. The monoisotopic (exact) mass is 442 g/mol. The molecule has 180 valence electrons. The molecule has 0 spiro atoms. The van der Waals surface area contributed by atoms with Crippen molar-refractivity contribution in [2.24, 2.45) is 45.6 Å². The number of hydrogen-bond acceptors (Lipinski definition) is 4. The van der Waals surface area contributed by atoms with Crippen LogP contribution in [0.5, 0.6) is 0 Å². The van der Waals surface area contributed by atoms with E-state index in [1.54, 1.807) is 6.21 Å². The van der Waals surface area contributed by atoms with Crippen LogP contribution in [-0.4, -0.2) is 49.6 Å². The van der Waals surface area contributed by atoms with E-state index in [1.807, 2.05) is 20.2 Å². The minimum Gasteiger partial charge on any atom is -0.394 e. The molecule has 0 amide bonds. The maximum absolute atomic E-state index is 10.2. The van der Waals surface area contributed by atoms with Gasteiger partial charge in [0.1, 0.15) is 6.61 Å². The van der Waals surface area contributed by atoms with E-state index < -0.39 is 0 Å². The Morgan fingerprint density at radius 2 is 1.72 bits per heavy atom. The Labute approximate surface area is 196 Å². The molecule has 0 aromatic carbocycles. The van der Waals surface area contributed by atoms with Crippen LogP contribution in [0.25, 0.3) is 0 Å². The third kappa shape index (κ3) is 4.73. The van der Waals surface area contributed by atoms with Crippen LogP contribution in [0, 0.1) is 40.4 Å². The average Bonchev–Trinajstić information content (AvgIpc) is 3.09. The Morgan fingerprint density at radius 1 is 0.938 bits per heavy atom. The number of oxime groups is 1. The first kappa shape index (κ1) is 24.0. The summed E-state index contributed by atoms with van der Waals surface area (Å²) in [5, 5.41) is 14.2. The highest BCUT2D eigenvalue weighted by molar-refractivity contribution is 5.70. The summed E-state index contributed by atoms with van der Waals surface area (Å²) in [5.74, 6) is 4.14.